The van der Waals surface area contributed by atoms with Crippen LogP contribution in [0, 0.1) is 13.8 Å². The Bertz CT molecular complexity index is 1070. The van der Waals surface area contributed by atoms with Gasteiger partial charge in [-0.05, 0) is 72.1 Å². The summed E-state index contributed by atoms with van der Waals surface area (Å²) in [5.74, 6) is 0. The minimum absolute atomic E-state index is 0.837. The number of hydrogen-bond donors (Lipinski definition) is 0. The van der Waals surface area contributed by atoms with E-state index < -0.39 is 0 Å². The molecule has 4 aromatic carbocycles. The standard InChI is InChI=1S/C24H20N4/c1-17-22(27-25-20-9-5-3-6-10-20)15-13-19-14-16-23(18(2)24(17)19)28-26-21-11-7-4-8-12-21/h3-16H,1-2H3. The van der Waals surface area contributed by atoms with Crippen molar-refractivity contribution in [3.8, 4) is 0 Å². The predicted octanol–water partition coefficient (Wildman–Crippen LogP) is 8.29. The van der Waals surface area contributed by atoms with E-state index in [1.54, 1.807) is 0 Å². The van der Waals surface area contributed by atoms with E-state index in [2.05, 4.69) is 46.4 Å². The first-order valence-corrected chi connectivity index (χ1v) is 9.19. The highest BCUT2D eigenvalue weighted by atomic mass is 15.1. The molecule has 4 rings (SSSR count). The van der Waals surface area contributed by atoms with Crippen LogP contribution in [0.3, 0.4) is 0 Å². The Kier molecular flexibility index (Phi) is 5.02. The first-order valence-electron chi connectivity index (χ1n) is 9.19. The number of azo groups is 2. The maximum absolute atomic E-state index is 4.46. The molecule has 0 N–H and O–H groups in total. The third-order valence-corrected chi connectivity index (χ3v) is 4.71. The molecule has 0 saturated carbocycles. The Balaban J connectivity index is 1.73. The Morgan fingerprint density at radius 1 is 0.464 bits per heavy atom. The molecule has 0 aliphatic carbocycles. The van der Waals surface area contributed by atoms with Gasteiger partial charge in [0, 0.05) is 0 Å². The molecule has 136 valence electrons. The predicted molar refractivity (Wildman–Crippen MR) is 115 cm³/mol. The summed E-state index contributed by atoms with van der Waals surface area (Å²) in [6.45, 7) is 4.15. The maximum Gasteiger partial charge on any atom is 0.0892 e. The summed E-state index contributed by atoms with van der Waals surface area (Å²) < 4.78 is 0. The highest BCUT2D eigenvalue weighted by Crippen LogP contribution is 2.35. The highest BCUT2D eigenvalue weighted by Gasteiger charge is 2.09. The van der Waals surface area contributed by atoms with Gasteiger partial charge in [0.2, 0.25) is 0 Å². The largest absolute Gasteiger partial charge is 0.151 e. The van der Waals surface area contributed by atoms with Gasteiger partial charge in [0.15, 0.2) is 0 Å². The van der Waals surface area contributed by atoms with Gasteiger partial charge < -0.3 is 0 Å². The molecule has 4 nitrogen and oxygen atoms in total. The fourth-order valence-corrected chi connectivity index (χ4v) is 3.21. The maximum atomic E-state index is 4.46. The van der Waals surface area contributed by atoms with Crippen LogP contribution in [-0.2, 0) is 0 Å². The number of benzene rings is 4. The van der Waals surface area contributed by atoms with Gasteiger partial charge in [-0.3, -0.25) is 0 Å². The molecular formula is C24H20N4. The smallest absolute Gasteiger partial charge is 0.0892 e. The van der Waals surface area contributed by atoms with Crippen LogP contribution in [0.25, 0.3) is 10.8 Å². The van der Waals surface area contributed by atoms with Crippen LogP contribution in [0.5, 0.6) is 0 Å². The topological polar surface area (TPSA) is 49.4 Å². The summed E-state index contributed by atoms with van der Waals surface area (Å²) in [7, 11) is 0. The van der Waals surface area contributed by atoms with E-state index >= 15 is 0 Å². The average molecular weight is 364 g/mol. The lowest BCUT2D eigenvalue weighted by atomic mass is 9.98. The van der Waals surface area contributed by atoms with Crippen LogP contribution in [0.15, 0.2) is 105 Å². The van der Waals surface area contributed by atoms with Crippen LogP contribution in [0.4, 0.5) is 22.7 Å². The fourth-order valence-electron chi connectivity index (χ4n) is 3.21. The first-order chi connectivity index (χ1) is 13.7. The third-order valence-electron chi connectivity index (χ3n) is 4.71. The molecule has 0 unspecified atom stereocenters. The SMILES string of the molecule is Cc1c(N=Nc2ccccc2)ccc2ccc(N=Nc3ccccc3)c(C)c12. The number of rotatable bonds is 4. The molecule has 0 spiro atoms. The molecule has 0 aromatic heterocycles. The molecule has 0 aliphatic rings. The van der Waals surface area contributed by atoms with Crippen LogP contribution in [-0.4, -0.2) is 0 Å². The first kappa shape index (κ1) is 17.7. The molecule has 0 saturated heterocycles. The van der Waals surface area contributed by atoms with Gasteiger partial charge in [0.05, 0.1) is 22.7 Å². The molecule has 0 aliphatic heterocycles. The lowest BCUT2D eigenvalue weighted by Crippen LogP contribution is -1.85. The van der Waals surface area contributed by atoms with Gasteiger partial charge in [-0.2, -0.15) is 20.5 Å². The fraction of sp³-hybridized carbons (Fsp3) is 0.0833. The van der Waals surface area contributed by atoms with Crippen LogP contribution < -0.4 is 0 Å². The highest BCUT2D eigenvalue weighted by molar-refractivity contribution is 5.94. The van der Waals surface area contributed by atoms with Gasteiger partial charge in [-0.15, -0.1) is 0 Å². The summed E-state index contributed by atoms with van der Waals surface area (Å²) in [6, 6.07) is 27.7. The second kappa shape index (κ2) is 7.92. The van der Waals surface area contributed by atoms with E-state index in [1.165, 1.54) is 0 Å². The van der Waals surface area contributed by atoms with Crippen LogP contribution >= 0.6 is 0 Å². The Labute approximate surface area is 164 Å². The molecular weight excluding hydrogens is 344 g/mol. The van der Waals surface area contributed by atoms with Crippen molar-refractivity contribution in [3.63, 3.8) is 0 Å². The van der Waals surface area contributed by atoms with Crippen molar-refractivity contribution >= 4 is 33.5 Å². The van der Waals surface area contributed by atoms with Gasteiger partial charge >= 0.3 is 0 Å². The molecule has 4 aromatic rings. The van der Waals surface area contributed by atoms with Gasteiger partial charge in [-0.1, -0.05) is 48.5 Å². The van der Waals surface area contributed by atoms with E-state index in [4.69, 9.17) is 0 Å². The van der Waals surface area contributed by atoms with Crippen LogP contribution in [0.2, 0.25) is 0 Å². The number of fused-ring (bicyclic) bond motifs is 1. The van der Waals surface area contributed by atoms with E-state index in [0.29, 0.717) is 0 Å². The summed E-state index contributed by atoms with van der Waals surface area (Å²) in [5.41, 5.74) is 5.57. The molecule has 0 amide bonds. The van der Waals surface area contributed by atoms with Crippen molar-refractivity contribution in [3.05, 3.63) is 96.1 Å². The summed E-state index contributed by atoms with van der Waals surface area (Å²) in [6.07, 6.45) is 0. The zero-order valence-electron chi connectivity index (χ0n) is 15.9. The molecule has 0 bridgehead atoms. The van der Waals surface area contributed by atoms with Crippen molar-refractivity contribution in [1.82, 2.24) is 0 Å². The van der Waals surface area contributed by atoms with Crippen LogP contribution in [0.1, 0.15) is 11.1 Å². The average Bonchev–Trinajstić information content (AvgIpc) is 2.74. The second-order valence-electron chi connectivity index (χ2n) is 6.59. The molecule has 0 atom stereocenters. The number of hydrogen-bond acceptors (Lipinski definition) is 4. The normalized spacial score (nSPS) is 11.6. The van der Waals surface area contributed by atoms with E-state index in [0.717, 1.165) is 44.6 Å². The second-order valence-corrected chi connectivity index (χ2v) is 6.59. The van der Waals surface area contributed by atoms with Crippen molar-refractivity contribution < 1.29 is 0 Å². The zero-order valence-corrected chi connectivity index (χ0v) is 15.9. The van der Waals surface area contributed by atoms with Gasteiger partial charge in [0.1, 0.15) is 0 Å². The zero-order chi connectivity index (χ0) is 19.3. The number of nitrogens with zero attached hydrogens (tertiary/aromatic N) is 4. The molecule has 0 radical (unpaired) electrons. The molecule has 0 fully saturated rings. The lowest BCUT2D eigenvalue weighted by Gasteiger charge is -2.10. The Hall–Kier alpha value is -3.66. The third kappa shape index (κ3) is 3.71. The minimum atomic E-state index is 0.837. The van der Waals surface area contributed by atoms with E-state index in [-0.39, 0.29) is 0 Å². The lowest BCUT2D eigenvalue weighted by molar-refractivity contribution is 1.20. The van der Waals surface area contributed by atoms with Crippen molar-refractivity contribution in [2.75, 3.05) is 0 Å². The van der Waals surface area contributed by atoms with Crippen molar-refractivity contribution in [1.29, 1.82) is 0 Å². The molecule has 4 heteroatoms. The van der Waals surface area contributed by atoms with Crippen molar-refractivity contribution in [2.45, 2.75) is 13.8 Å². The minimum Gasteiger partial charge on any atom is -0.151 e. The van der Waals surface area contributed by atoms with Gasteiger partial charge in [-0.25, -0.2) is 0 Å². The van der Waals surface area contributed by atoms with E-state index in [9.17, 15) is 0 Å². The monoisotopic (exact) mass is 364 g/mol. The Morgan fingerprint density at radius 3 is 1.32 bits per heavy atom. The summed E-state index contributed by atoms with van der Waals surface area (Å²) in [5, 5.41) is 19.9. The molecule has 0 heterocycles. The summed E-state index contributed by atoms with van der Waals surface area (Å²) in [4.78, 5) is 0. The van der Waals surface area contributed by atoms with Gasteiger partial charge in [0.25, 0.3) is 0 Å². The quantitative estimate of drug-likeness (QED) is 0.327. The number of aryl methyl sites for hydroxylation is 2. The summed E-state index contributed by atoms with van der Waals surface area (Å²) >= 11 is 0. The van der Waals surface area contributed by atoms with Crippen molar-refractivity contribution in [2.24, 2.45) is 20.5 Å². The van der Waals surface area contributed by atoms with E-state index in [1.807, 2.05) is 72.8 Å². The Morgan fingerprint density at radius 2 is 0.893 bits per heavy atom. The molecule has 28 heavy (non-hydrogen) atoms.